The molecule has 3 rings (SSSR count). The molecule has 0 aliphatic heterocycles. The number of hydrogen-bond donors (Lipinski definition) is 3. The maximum atomic E-state index is 12.4. The van der Waals surface area contributed by atoms with Crippen LogP contribution in [0.3, 0.4) is 0 Å². The molecule has 3 N–H and O–H groups in total. The van der Waals surface area contributed by atoms with Gasteiger partial charge in [-0.25, -0.2) is 13.1 Å². The summed E-state index contributed by atoms with van der Waals surface area (Å²) in [6.45, 7) is 4.05. The van der Waals surface area contributed by atoms with E-state index in [2.05, 4.69) is 15.6 Å². The third-order valence-corrected chi connectivity index (χ3v) is 6.30. The smallest absolute Gasteiger partial charge is 0.305 e. The largest absolute Gasteiger partial charge is 0.486 e. The van der Waals surface area contributed by atoms with Crippen molar-refractivity contribution in [1.82, 2.24) is 15.6 Å². The second-order valence-electron chi connectivity index (χ2n) is 7.74. The molecular formula is C24H27N3O6S. The van der Waals surface area contributed by atoms with Crippen LogP contribution in [0.15, 0.2) is 76.0 Å². The molecule has 0 fully saturated rings. The van der Waals surface area contributed by atoms with Gasteiger partial charge in [-0.1, -0.05) is 44.2 Å². The molecule has 0 radical (unpaired) electrons. The molecule has 0 saturated carbocycles. The van der Waals surface area contributed by atoms with Crippen LogP contribution in [0.1, 0.15) is 48.1 Å². The first-order valence-corrected chi connectivity index (χ1v) is 12.2. The predicted molar refractivity (Wildman–Crippen MR) is 125 cm³/mol. The van der Waals surface area contributed by atoms with E-state index in [1.54, 1.807) is 30.3 Å². The third-order valence-electron chi connectivity index (χ3n) is 4.83. The molecule has 9 nitrogen and oxygen atoms in total. The lowest BCUT2D eigenvalue weighted by molar-refractivity contribution is -0.121. The van der Waals surface area contributed by atoms with E-state index in [-0.39, 0.29) is 30.2 Å². The Bertz CT molecular complexity index is 1210. The van der Waals surface area contributed by atoms with Crippen molar-refractivity contribution in [2.45, 2.75) is 37.7 Å². The summed E-state index contributed by atoms with van der Waals surface area (Å²) in [6, 6.07) is 18.8. The minimum atomic E-state index is -3.74. The molecule has 0 atom stereocenters. The maximum absolute atomic E-state index is 12.4. The van der Waals surface area contributed by atoms with Crippen molar-refractivity contribution in [1.29, 1.82) is 0 Å². The second-order valence-corrected chi connectivity index (χ2v) is 9.51. The zero-order valence-corrected chi connectivity index (χ0v) is 19.7. The Hall–Kier alpha value is -3.63. The molecule has 0 bridgehead atoms. The number of rotatable bonds is 10. The lowest BCUT2D eigenvalue weighted by Crippen LogP contribution is -2.42. The fraction of sp³-hybridized carbons (Fsp3) is 0.250. The Morgan fingerprint density at radius 2 is 1.65 bits per heavy atom. The van der Waals surface area contributed by atoms with Gasteiger partial charge in [-0.05, 0) is 47.9 Å². The maximum Gasteiger partial charge on any atom is 0.305 e. The quantitative estimate of drug-likeness (QED) is 0.379. The zero-order chi connectivity index (χ0) is 24.6. The van der Waals surface area contributed by atoms with Crippen LogP contribution < -0.4 is 20.3 Å². The van der Waals surface area contributed by atoms with E-state index in [0.29, 0.717) is 17.4 Å². The van der Waals surface area contributed by atoms with Gasteiger partial charge < -0.3 is 9.15 Å². The van der Waals surface area contributed by atoms with E-state index in [9.17, 15) is 18.0 Å². The molecule has 2 aromatic carbocycles. The molecule has 0 unspecified atom stereocenters. The Kier molecular flexibility index (Phi) is 8.44. The van der Waals surface area contributed by atoms with E-state index in [0.717, 1.165) is 5.56 Å². The van der Waals surface area contributed by atoms with Gasteiger partial charge in [-0.3, -0.25) is 20.4 Å². The number of carbonyl (C=O) groups excluding carboxylic acids is 2. The fourth-order valence-electron chi connectivity index (χ4n) is 2.91. The molecule has 0 aliphatic carbocycles. The molecule has 1 heterocycles. The van der Waals surface area contributed by atoms with Gasteiger partial charge in [0, 0.05) is 13.0 Å². The van der Waals surface area contributed by atoms with E-state index in [1.165, 1.54) is 18.2 Å². The van der Waals surface area contributed by atoms with E-state index in [4.69, 9.17) is 9.15 Å². The van der Waals surface area contributed by atoms with Gasteiger partial charge in [-0.15, -0.1) is 0 Å². The molecule has 34 heavy (non-hydrogen) atoms. The highest BCUT2D eigenvalue weighted by Gasteiger charge is 2.16. The number of sulfonamides is 1. The first-order chi connectivity index (χ1) is 16.2. The van der Waals surface area contributed by atoms with Crippen LogP contribution in [0.2, 0.25) is 0 Å². The fourth-order valence-corrected chi connectivity index (χ4v) is 3.95. The number of nitrogens with one attached hydrogen (secondary N) is 3. The van der Waals surface area contributed by atoms with Crippen LogP contribution in [-0.4, -0.2) is 26.8 Å². The first kappa shape index (κ1) is 25.0. The predicted octanol–water partition coefficient (Wildman–Crippen LogP) is 3.11. The van der Waals surface area contributed by atoms with Crippen molar-refractivity contribution in [3.8, 4) is 5.75 Å². The highest BCUT2D eigenvalue weighted by atomic mass is 32.2. The Balaban J connectivity index is 1.40. The van der Waals surface area contributed by atoms with E-state index in [1.807, 2.05) is 32.0 Å². The standard InChI is InChI=1S/C24H27N3O6S/c1-17(2)18-8-11-21(12-9-18)34(30,31)25-15-14-23(28)26-27-24(29)22-13-10-20(33-22)16-32-19-6-4-3-5-7-19/h3-13,17,25H,14-16H2,1-2H3,(H,26,28)(H,27,29). The second kappa shape index (κ2) is 11.5. The van der Waals surface area contributed by atoms with Gasteiger partial charge in [0.25, 0.3) is 0 Å². The molecule has 0 saturated heterocycles. The molecule has 0 aliphatic rings. The molecule has 180 valence electrons. The highest BCUT2D eigenvalue weighted by molar-refractivity contribution is 7.89. The lowest BCUT2D eigenvalue weighted by atomic mass is 10.0. The summed E-state index contributed by atoms with van der Waals surface area (Å²) in [5.74, 6) is 0.184. The molecular weight excluding hydrogens is 458 g/mol. The van der Waals surface area contributed by atoms with E-state index < -0.39 is 21.8 Å². The van der Waals surface area contributed by atoms with Gasteiger partial charge >= 0.3 is 5.91 Å². The van der Waals surface area contributed by atoms with Crippen LogP contribution in [0.4, 0.5) is 0 Å². The Morgan fingerprint density at radius 3 is 2.32 bits per heavy atom. The summed E-state index contributed by atoms with van der Waals surface area (Å²) in [5, 5.41) is 0. The van der Waals surface area contributed by atoms with Gasteiger partial charge in [0.15, 0.2) is 5.76 Å². The molecule has 0 spiro atoms. The lowest BCUT2D eigenvalue weighted by Gasteiger charge is -2.09. The Labute approximate surface area is 198 Å². The number of hydrogen-bond acceptors (Lipinski definition) is 6. The van der Waals surface area contributed by atoms with E-state index >= 15 is 0 Å². The number of benzene rings is 2. The summed E-state index contributed by atoms with van der Waals surface area (Å²) in [5.41, 5.74) is 5.49. The highest BCUT2D eigenvalue weighted by Crippen LogP contribution is 2.17. The molecule has 1 aromatic heterocycles. The van der Waals surface area contributed by atoms with Crippen molar-refractivity contribution in [3.05, 3.63) is 83.8 Å². The van der Waals surface area contributed by atoms with Crippen LogP contribution in [0, 0.1) is 0 Å². The van der Waals surface area contributed by atoms with Crippen molar-refractivity contribution < 1.29 is 27.2 Å². The molecule has 2 amide bonds. The average molecular weight is 486 g/mol. The first-order valence-electron chi connectivity index (χ1n) is 10.7. The van der Waals surface area contributed by atoms with Crippen LogP contribution in [0.5, 0.6) is 5.75 Å². The summed E-state index contributed by atoms with van der Waals surface area (Å²) < 4.78 is 38.1. The monoisotopic (exact) mass is 485 g/mol. The number of furan rings is 1. The summed E-state index contributed by atoms with van der Waals surface area (Å²) >= 11 is 0. The topological polar surface area (TPSA) is 127 Å². The van der Waals surface area contributed by atoms with Crippen molar-refractivity contribution in [2.24, 2.45) is 0 Å². The van der Waals surface area contributed by atoms with Gasteiger partial charge in [-0.2, -0.15) is 0 Å². The number of hydrazine groups is 1. The van der Waals surface area contributed by atoms with Gasteiger partial charge in [0.05, 0.1) is 4.90 Å². The number of para-hydroxylation sites is 1. The van der Waals surface area contributed by atoms with Crippen LogP contribution in [0.25, 0.3) is 0 Å². The molecule has 3 aromatic rings. The average Bonchev–Trinajstić information content (AvgIpc) is 3.31. The van der Waals surface area contributed by atoms with Crippen molar-refractivity contribution in [2.75, 3.05) is 6.54 Å². The van der Waals surface area contributed by atoms with Crippen LogP contribution >= 0.6 is 0 Å². The summed E-state index contributed by atoms with van der Waals surface area (Å²) in [6.07, 6.45) is -0.169. The SMILES string of the molecule is CC(C)c1ccc(S(=O)(=O)NCCC(=O)NNC(=O)c2ccc(COc3ccccc3)o2)cc1. The zero-order valence-electron chi connectivity index (χ0n) is 18.9. The van der Waals surface area contributed by atoms with Gasteiger partial charge in [0.2, 0.25) is 15.9 Å². The minimum absolute atomic E-state index is 0.00231. The summed E-state index contributed by atoms with van der Waals surface area (Å²) in [4.78, 5) is 24.3. The van der Waals surface area contributed by atoms with Crippen molar-refractivity contribution in [3.63, 3.8) is 0 Å². The van der Waals surface area contributed by atoms with Crippen LogP contribution in [-0.2, 0) is 21.4 Å². The van der Waals surface area contributed by atoms with Crippen molar-refractivity contribution >= 4 is 21.8 Å². The van der Waals surface area contributed by atoms with Gasteiger partial charge in [0.1, 0.15) is 18.1 Å². The summed E-state index contributed by atoms with van der Waals surface area (Å²) in [7, 11) is -3.74. The number of ether oxygens (including phenoxy) is 1. The Morgan fingerprint density at radius 1 is 0.941 bits per heavy atom. The normalized spacial score (nSPS) is 11.3. The number of carbonyl (C=O) groups is 2. The third kappa shape index (κ3) is 7.19. The number of amides is 2. The molecule has 10 heteroatoms. The minimum Gasteiger partial charge on any atom is -0.486 e.